The van der Waals surface area contributed by atoms with Crippen LogP contribution >= 0.6 is 11.3 Å². The molecule has 0 saturated heterocycles. The fraction of sp³-hybridized carbons (Fsp3) is 0.353. The summed E-state index contributed by atoms with van der Waals surface area (Å²) in [7, 11) is 0. The minimum atomic E-state index is -0.584. The normalized spacial score (nSPS) is 11.8. The van der Waals surface area contributed by atoms with Gasteiger partial charge in [0, 0.05) is 17.5 Å². The number of carbonyl (C=O) groups excluding carboxylic acids is 2. The lowest BCUT2D eigenvalue weighted by Crippen LogP contribution is -2.45. The Kier molecular flexibility index (Phi) is 6.43. The molecule has 2 N–H and O–H groups in total. The van der Waals surface area contributed by atoms with Gasteiger partial charge in [0.05, 0.1) is 12.1 Å². The topological polar surface area (TPSA) is 71.1 Å². The molecule has 2 rings (SSSR count). The second kappa shape index (κ2) is 8.54. The fourth-order valence-corrected chi connectivity index (χ4v) is 2.86. The molecule has 128 valence electrons. The van der Waals surface area contributed by atoms with E-state index < -0.39 is 6.04 Å². The monoisotopic (exact) mass is 349 g/mol. The van der Waals surface area contributed by atoms with E-state index in [0.29, 0.717) is 12.2 Å². The van der Waals surface area contributed by atoms with Crippen molar-refractivity contribution in [2.45, 2.75) is 32.7 Å². The zero-order valence-corrected chi connectivity index (χ0v) is 14.5. The van der Waals surface area contributed by atoms with Gasteiger partial charge in [0.1, 0.15) is 16.9 Å². The molecular weight excluding hydrogens is 329 g/mol. The maximum absolute atomic E-state index is 12.9. The molecular formula is C17H20FN3O2S. The number of hydrogen-bond donors (Lipinski definition) is 2. The van der Waals surface area contributed by atoms with E-state index in [1.807, 2.05) is 6.92 Å². The maximum atomic E-state index is 12.9. The number of aromatic nitrogens is 1. The van der Waals surface area contributed by atoms with Crippen LogP contribution in [0, 0.1) is 5.82 Å². The number of amides is 2. The van der Waals surface area contributed by atoms with Crippen LogP contribution in [0.5, 0.6) is 0 Å². The van der Waals surface area contributed by atoms with Crippen LogP contribution in [0.3, 0.4) is 0 Å². The van der Waals surface area contributed by atoms with Gasteiger partial charge in [-0.05, 0) is 37.6 Å². The second-order valence-corrected chi connectivity index (χ2v) is 6.27. The summed E-state index contributed by atoms with van der Waals surface area (Å²) in [5.74, 6) is -0.758. The molecule has 0 saturated carbocycles. The molecule has 0 radical (unpaired) electrons. The van der Waals surface area contributed by atoms with Crippen LogP contribution < -0.4 is 10.6 Å². The summed E-state index contributed by atoms with van der Waals surface area (Å²) in [6, 6.07) is 5.47. The van der Waals surface area contributed by atoms with Crippen LogP contribution in [-0.2, 0) is 16.0 Å². The number of rotatable bonds is 7. The third-order valence-electron chi connectivity index (χ3n) is 3.30. The Balaban J connectivity index is 1.90. The number of carbonyl (C=O) groups is 2. The average Bonchev–Trinajstić information content (AvgIpc) is 3.01. The summed E-state index contributed by atoms with van der Waals surface area (Å²) in [5, 5.41) is 7.91. The first-order chi connectivity index (χ1) is 11.5. The van der Waals surface area contributed by atoms with Crippen molar-refractivity contribution in [1.29, 1.82) is 0 Å². The molecule has 0 aliphatic carbocycles. The van der Waals surface area contributed by atoms with E-state index in [4.69, 9.17) is 0 Å². The van der Waals surface area contributed by atoms with Crippen molar-refractivity contribution in [1.82, 2.24) is 15.6 Å². The molecule has 24 heavy (non-hydrogen) atoms. The van der Waals surface area contributed by atoms with Gasteiger partial charge in [0.2, 0.25) is 11.8 Å². The van der Waals surface area contributed by atoms with E-state index in [1.165, 1.54) is 23.5 Å². The van der Waals surface area contributed by atoms with Gasteiger partial charge in [-0.1, -0.05) is 6.92 Å². The molecule has 1 heterocycles. The summed E-state index contributed by atoms with van der Waals surface area (Å²) in [6.07, 6.45) is 0.945. The number of thiazole rings is 1. The quantitative estimate of drug-likeness (QED) is 0.807. The van der Waals surface area contributed by atoms with Gasteiger partial charge in [-0.2, -0.15) is 0 Å². The molecule has 0 aliphatic rings. The SMILES string of the molecule is CCCNC(=O)[C@@H](C)NC(=O)Cc1csc(-c2ccc(F)cc2)n1. The van der Waals surface area contributed by atoms with Crippen LogP contribution in [0.15, 0.2) is 29.6 Å². The molecule has 0 aliphatic heterocycles. The summed E-state index contributed by atoms with van der Waals surface area (Å²) in [6.45, 7) is 4.20. The lowest BCUT2D eigenvalue weighted by Gasteiger charge is -2.13. The highest BCUT2D eigenvalue weighted by atomic mass is 32.1. The minimum Gasteiger partial charge on any atom is -0.354 e. The van der Waals surface area contributed by atoms with Gasteiger partial charge in [-0.25, -0.2) is 9.37 Å². The molecule has 0 unspecified atom stereocenters. The molecule has 1 aromatic carbocycles. The van der Waals surface area contributed by atoms with Crippen molar-refractivity contribution >= 4 is 23.2 Å². The molecule has 2 aromatic rings. The van der Waals surface area contributed by atoms with Crippen LogP contribution in [0.1, 0.15) is 26.0 Å². The largest absolute Gasteiger partial charge is 0.354 e. The number of nitrogens with one attached hydrogen (secondary N) is 2. The summed E-state index contributed by atoms with van der Waals surface area (Å²) in [5.41, 5.74) is 1.43. The highest BCUT2D eigenvalue weighted by molar-refractivity contribution is 7.13. The van der Waals surface area contributed by atoms with E-state index >= 15 is 0 Å². The first kappa shape index (κ1) is 18.1. The number of halogens is 1. The van der Waals surface area contributed by atoms with Crippen LogP contribution in [-0.4, -0.2) is 29.4 Å². The van der Waals surface area contributed by atoms with E-state index in [0.717, 1.165) is 17.0 Å². The molecule has 0 bridgehead atoms. The molecule has 7 heteroatoms. The Morgan fingerprint density at radius 3 is 2.67 bits per heavy atom. The molecule has 5 nitrogen and oxygen atoms in total. The minimum absolute atomic E-state index is 0.100. The second-order valence-electron chi connectivity index (χ2n) is 5.41. The Morgan fingerprint density at radius 1 is 1.29 bits per heavy atom. The van der Waals surface area contributed by atoms with Crippen molar-refractivity contribution in [2.75, 3.05) is 6.54 Å². The van der Waals surface area contributed by atoms with Crippen molar-refractivity contribution in [2.24, 2.45) is 0 Å². The van der Waals surface area contributed by atoms with Crippen LogP contribution in [0.2, 0.25) is 0 Å². The third-order valence-corrected chi connectivity index (χ3v) is 4.24. The molecule has 1 aromatic heterocycles. The lowest BCUT2D eigenvalue weighted by molar-refractivity contribution is -0.128. The average molecular weight is 349 g/mol. The third kappa shape index (κ3) is 5.13. The molecule has 0 spiro atoms. The Bertz CT molecular complexity index is 700. The molecule has 1 atom stereocenters. The van der Waals surface area contributed by atoms with E-state index in [1.54, 1.807) is 24.4 Å². The summed E-state index contributed by atoms with van der Waals surface area (Å²) >= 11 is 1.39. The van der Waals surface area contributed by atoms with Gasteiger partial charge in [-0.3, -0.25) is 9.59 Å². The Labute approximate surface area is 144 Å². The van der Waals surface area contributed by atoms with Gasteiger partial charge >= 0.3 is 0 Å². The number of hydrogen-bond acceptors (Lipinski definition) is 4. The molecule has 2 amide bonds. The standard InChI is InChI=1S/C17H20FN3O2S/c1-3-8-19-16(23)11(2)20-15(22)9-14-10-24-17(21-14)12-4-6-13(18)7-5-12/h4-7,10-11H,3,8-9H2,1-2H3,(H,19,23)(H,20,22)/t11-/m1/s1. The lowest BCUT2D eigenvalue weighted by atomic mass is 10.2. The van der Waals surface area contributed by atoms with Crippen molar-refractivity contribution in [3.05, 3.63) is 41.2 Å². The highest BCUT2D eigenvalue weighted by Crippen LogP contribution is 2.24. The van der Waals surface area contributed by atoms with Crippen LogP contribution in [0.4, 0.5) is 4.39 Å². The Hall–Kier alpha value is -2.28. The first-order valence-electron chi connectivity index (χ1n) is 7.77. The highest BCUT2D eigenvalue weighted by Gasteiger charge is 2.16. The predicted octanol–water partition coefficient (Wildman–Crippen LogP) is 2.52. The van der Waals surface area contributed by atoms with Crippen molar-refractivity contribution < 1.29 is 14.0 Å². The first-order valence-corrected chi connectivity index (χ1v) is 8.65. The summed E-state index contributed by atoms with van der Waals surface area (Å²) in [4.78, 5) is 28.1. The van der Waals surface area contributed by atoms with Gasteiger partial charge in [-0.15, -0.1) is 11.3 Å². The Morgan fingerprint density at radius 2 is 2.00 bits per heavy atom. The van der Waals surface area contributed by atoms with Crippen molar-refractivity contribution in [3.63, 3.8) is 0 Å². The smallest absolute Gasteiger partial charge is 0.242 e. The van der Waals surface area contributed by atoms with E-state index in [-0.39, 0.29) is 24.1 Å². The number of nitrogens with zero attached hydrogens (tertiary/aromatic N) is 1. The van der Waals surface area contributed by atoms with E-state index in [2.05, 4.69) is 15.6 Å². The number of benzene rings is 1. The zero-order valence-electron chi connectivity index (χ0n) is 13.6. The van der Waals surface area contributed by atoms with Crippen molar-refractivity contribution in [3.8, 4) is 10.6 Å². The summed E-state index contributed by atoms with van der Waals surface area (Å²) < 4.78 is 12.9. The van der Waals surface area contributed by atoms with E-state index in [9.17, 15) is 14.0 Å². The van der Waals surface area contributed by atoms with Gasteiger partial charge in [0.15, 0.2) is 0 Å². The molecule has 0 fully saturated rings. The maximum Gasteiger partial charge on any atom is 0.242 e. The van der Waals surface area contributed by atoms with Gasteiger partial charge in [0.25, 0.3) is 0 Å². The zero-order chi connectivity index (χ0) is 17.5. The van der Waals surface area contributed by atoms with Gasteiger partial charge < -0.3 is 10.6 Å². The van der Waals surface area contributed by atoms with Crippen LogP contribution in [0.25, 0.3) is 10.6 Å². The fourth-order valence-electron chi connectivity index (χ4n) is 2.04. The predicted molar refractivity (Wildman–Crippen MR) is 92.1 cm³/mol.